The van der Waals surface area contributed by atoms with Crippen molar-refractivity contribution in [3.8, 4) is 11.3 Å². The number of fused-ring (bicyclic) bond motifs is 1. The minimum Gasteiger partial charge on any atom is -0.481 e. The van der Waals surface area contributed by atoms with Gasteiger partial charge in [-0.15, -0.1) is 0 Å². The van der Waals surface area contributed by atoms with E-state index in [2.05, 4.69) is 21.9 Å². The minimum absolute atomic E-state index is 0.0374. The number of carboxylic acid groups (broad SMARTS) is 1. The van der Waals surface area contributed by atoms with Gasteiger partial charge in [0.2, 0.25) is 15.7 Å². The van der Waals surface area contributed by atoms with Crippen molar-refractivity contribution in [3.63, 3.8) is 0 Å². The van der Waals surface area contributed by atoms with Crippen LogP contribution in [0.3, 0.4) is 0 Å². The topological polar surface area (TPSA) is 148 Å². The van der Waals surface area contributed by atoms with Crippen molar-refractivity contribution in [1.82, 2.24) is 15.0 Å². The SMILES string of the molecule is CCc1ccc(-c2oc3nc(CS(=O)(=O)NCCCC(C)(COC)C(=O)O)c(C4CC4)cc3c2C(=O)NC)cc1. The number of aryl methyl sites for hydroxylation is 1. The maximum absolute atomic E-state index is 13.0. The first kappa shape index (κ1) is 29.7. The highest BCUT2D eigenvalue weighted by Gasteiger charge is 2.34. The van der Waals surface area contributed by atoms with Crippen LogP contribution in [0.1, 0.15) is 72.6 Å². The van der Waals surface area contributed by atoms with Gasteiger partial charge in [-0.05, 0) is 62.1 Å². The second-order valence-corrected chi connectivity index (χ2v) is 12.4. The zero-order chi connectivity index (χ0) is 29.1. The predicted octanol–water partition coefficient (Wildman–Crippen LogP) is 4.23. The lowest BCUT2D eigenvalue weighted by molar-refractivity contribution is -0.151. The van der Waals surface area contributed by atoms with E-state index in [0.717, 1.165) is 36.0 Å². The largest absolute Gasteiger partial charge is 0.481 e. The highest BCUT2D eigenvalue weighted by Crippen LogP contribution is 2.44. The predicted molar refractivity (Wildman–Crippen MR) is 152 cm³/mol. The monoisotopic (exact) mass is 571 g/mol. The smallest absolute Gasteiger partial charge is 0.311 e. The normalized spacial score (nSPS) is 15.2. The van der Waals surface area contributed by atoms with Crippen LogP contribution in [-0.4, -0.2) is 57.7 Å². The first-order valence-electron chi connectivity index (χ1n) is 13.5. The molecule has 0 bridgehead atoms. The molecule has 40 heavy (non-hydrogen) atoms. The Hall–Kier alpha value is -3.28. The van der Waals surface area contributed by atoms with Gasteiger partial charge in [0.1, 0.15) is 11.5 Å². The number of benzene rings is 1. The number of carbonyl (C=O) groups excluding carboxylic acids is 1. The number of amides is 1. The van der Waals surface area contributed by atoms with Crippen molar-refractivity contribution < 1.29 is 32.3 Å². The van der Waals surface area contributed by atoms with Gasteiger partial charge in [-0.1, -0.05) is 31.2 Å². The molecule has 1 aliphatic rings. The van der Waals surface area contributed by atoms with E-state index in [1.54, 1.807) is 14.0 Å². The molecule has 2 heterocycles. The molecule has 0 saturated heterocycles. The second-order valence-electron chi connectivity index (χ2n) is 10.6. The maximum Gasteiger partial charge on any atom is 0.311 e. The van der Waals surface area contributed by atoms with Crippen LogP contribution in [0.25, 0.3) is 22.4 Å². The molecule has 1 aliphatic carbocycles. The molecule has 3 N–H and O–H groups in total. The molecular formula is C29H37N3O7S. The molecule has 3 aromatic rings. The summed E-state index contributed by atoms with van der Waals surface area (Å²) in [6.07, 6.45) is 3.31. The van der Waals surface area contributed by atoms with Gasteiger partial charge in [-0.25, -0.2) is 18.1 Å². The molecule has 0 spiro atoms. The molecular weight excluding hydrogens is 534 g/mol. The standard InChI is InChI=1S/C29H37N3O7S/c1-5-18-7-9-20(10-8-18)25-24(26(33)30-3)22-15-21(19-11-12-19)23(32-27(22)39-25)16-40(36,37)31-14-6-13-29(2,17-38-4)28(34)35/h7-10,15,19,31H,5-6,11-14,16-17H2,1-4H3,(H,30,33)(H,34,35). The Morgan fingerprint density at radius 2 is 1.93 bits per heavy atom. The zero-order valence-corrected chi connectivity index (χ0v) is 24.2. The molecule has 1 amide bonds. The van der Waals surface area contributed by atoms with Crippen molar-refractivity contribution in [2.45, 2.75) is 57.6 Å². The highest BCUT2D eigenvalue weighted by molar-refractivity contribution is 7.88. The van der Waals surface area contributed by atoms with E-state index >= 15 is 0 Å². The highest BCUT2D eigenvalue weighted by atomic mass is 32.2. The lowest BCUT2D eigenvalue weighted by Gasteiger charge is -2.23. The van der Waals surface area contributed by atoms with Gasteiger partial charge in [0.25, 0.3) is 5.91 Å². The summed E-state index contributed by atoms with van der Waals surface area (Å²) in [5.41, 5.74) is 2.57. The average molecular weight is 572 g/mol. The van der Waals surface area contributed by atoms with E-state index in [1.807, 2.05) is 30.3 Å². The second kappa shape index (κ2) is 12.1. The summed E-state index contributed by atoms with van der Waals surface area (Å²) in [5.74, 6) is -1.08. The number of methoxy groups -OCH3 is 1. The van der Waals surface area contributed by atoms with Gasteiger partial charge in [0.05, 0.1) is 28.7 Å². The van der Waals surface area contributed by atoms with E-state index in [-0.39, 0.29) is 42.9 Å². The molecule has 1 saturated carbocycles. The van der Waals surface area contributed by atoms with Gasteiger partial charge in [-0.2, -0.15) is 0 Å². The van der Waals surface area contributed by atoms with Gasteiger partial charge in [-0.3, -0.25) is 9.59 Å². The fraction of sp³-hybridized carbons (Fsp3) is 0.483. The zero-order valence-electron chi connectivity index (χ0n) is 23.4. The summed E-state index contributed by atoms with van der Waals surface area (Å²) in [7, 11) is -0.784. The van der Waals surface area contributed by atoms with Crippen LogP contribution >= 0.6 is 0 Å². The third kappa shape index (κ3) is 6.54. The summed E-state index contributed by atoms with van der Waals surface area (Å²) in [5, 5.41) is 12.7. The Morgan fingerprint density at radius 1 is 1.23 bits per heavy atom. The molecule has 0 radical (unpaired) electrons. The number of pyridine rings is 1. The van der Waals surface area contributed by atoms with E-state index in [9.17, 15) is 23.1 Å². The number of aromatic nitrogens is 1. The number of hydrogen-bond acceptors (Lipinski definition) is 7. The molecule has 1 fully saturated rings. The van der Waals surface area contributed by atoms with Crippen molar-refractivity contribution in [2.24, 2.45) is 5.41 Å². The number of furan rings is 1. The Bertz CT molecular complexity index is 1490. The van der Waals surface area contributed by atoms with Gasteiger partial charge in [0, 0.05) is 26.3 Å². The molecule has 1 aromatic carbocycles. The molecule has 216 valence electrons. The first-order valence-corrected chi connectivity index (χ1v) is 15.1. The number of ether oxygens (including phenoxy) is 1. The molecule has 4 rings (SSSR count). The average Bonchev–Trinajstić information content (AvgIpc) is 3.70. The van der Waals surface area contributed by atoms with Crippen molar-refractivity contribution in [1.29, 1.82) is 0 Å². The van der Waals surface area contributed by atoms with Crippen LogP contribution in [-0.2, 0) is 31.7 Å². The number of nitrogens with zero attached hydrogens (tertiary/aromatic N) is 1. The fourth-order valence-corrected chi connectivity index (χ4v) is 6.03. The van der Waals surface area contributed by atoms with Crippen LogP contribution in [0.4, 0.5) is 0 Å². The summed E-state index contributed by atoms with van der Waals surface area (Å²) in [6.45, 7) is 3.77. The van der Waals surface area contributed by atoms with Crippen LogP contribution < -0.4 is 10.0 Å². The number of aliphatic carboxylic acids is 1. The van der Waals surface area contributed by atoms with E-state index < -0.39 is 21.4 Å². The number of nitrogens with one attached hydrogen (secondary N) is 2. The van der Waals surface area contributed by atoms with Crippen molar-refractivity contribution >= 4 is 33.0 Å². The third-order valence-corrected chi connectivity index (χ3v) is 8.72. The van der Waals surface area contributed by atoms with Gasteiger partial charge >= 0.3 is 5.97 Å². The van der Waals surface area contributed by atoms with Crippen molar-refractivity contribution in [2.75, 3.05) is 27.3 Å². The molecule has 0 aliphatic heterocycles. The first-order chi connectivity index (χ1) is 19.0. The van der Waals surface area contributed by atoms with Crippen LogP contribution in [0, 0.1) is 5.41 Å². The van der Waals surface area contributed by atoms with Gasteiger partial charge < -0.3 is 19.6 Å². The Balaban J connectivity index is 1.61. The third-order valence-electron chi connectivity index (χ3n) is 7.42. The van der Waals surface area contributed by atoms with Crippen LogP contribution in [0.15, 0.2) is 34.7 Å². The number of carbonyl (C=O) groups is 2. The van der Waals surface area contributed by atoms with E-state index in [0.29, 0.717) is 28.8 Å². The van der Waals surface area contributed by atoms with Crippen molar-refractivity contribution in [3.05, 3.63) is 52.7 Å². The van der Waals surface area contributed by atoms with E-state index in [1.165, 1.54) is 7.11 Å². The van der Waals surface area contributed by atoms with Crippen LogP contribution in [0.2, 0.25) is 0 Å². The summed E-state index contributed by atoms with van der Waals surface area (Å²) < 4.78 is 39.8. The fourth-order valence-electron chi connectivity index (χ4n) is 4.88. The Morgan fingerprint density at radius 3 is 2.50 bits per heavy atom. The molecule has 11 heteroatoms. The molecule has 10 nitrogen and oxygen atoms in total. The summed E-state index contributed by atoms with van der Waals surface area (Å²) in [4.78, 5) is 29.2. The van der Waals surface area contributed by atoms with E-state index in [4.69, 9.17) is 9.15 Å². The quantitative estimate of drug-likeness (QED) is 0.244. The maximum atomic E-state index is 13.0. The molecule has 2 aromatic heterocycles. The Labute approximate surface area is 234 Å². The lowest BCUT2D eigenvalue weighted by Crippen LogP contribution is -2.34. The van der Waals surface area contributed by atoms with Crippen LogP contribution in [0.5, 0.6) is 0 Å². The minimum atomic E-state index is -3.78. The summed E-state index contributed by atoms with van der Waals surface area (Å²) in [6, 6.07) is 9.63. The molecule has 1 atom stereocenters. The van der Waals surface area contributed by atoms with Gasteiger partial charge in [0.15, 0.2) is 0 Å². The lowest BCUT2D eigenvalue weighted by atomic mass is 9.86. The Kier molecular flexibility index (Phi) is 8.96. The number of rotatable bonds is 14. The number of hydrogen-bond donors (Lipinski definition) is 3. The molecule has 1 unspecified atom stereocenters. The summed E-state index contributed by atoms with van der Waals surface area (Å²) >= 11 is 0. The number of carboxylic acids is 1. The number of sulfonamides is 1.